The second-order valence-electron chi connectivity index (χ2n) is 8.43. The fraction of sp³-hybridized carbons (Fsp3) is 0.385. The lowest BCUT2D eigenvalue weighted by Crippen LogP contribution is -2.48. The lowest BCUT2D eigenvalue weighted by atomic mass is 9.96. The molecule has 0 aliphatic carbocycles. The molecule has 188 valence electrons. The Balaban J connectivity index is 0.000000371. The molecule has 2 aliphatic heterocycles. The molecule has 0 bridgehead atoms. The van der Waals surface area contributed by atoms with Gasteiger partial charge < -0.3 is 20.2 Å². The predicted octanol–water partition coefficient (Wildman–Crippen LogP) is 4.19. The second kappa shape index (κ2) is 13.7. The van der Waals surface area contributed by atoms with E-state index in [1.165, 1.54) is 20.9 Å². The van der Waals surface area contributed by atoms with Gasteiger partial charge in [-0.1, -0.05) is 41.6 Å². The van der Waals surface area contributed by atoms with E-state index >= 15 is 0 Å². The summed E-state index contributed by atoms with van der Waals surface area (Å²) in [4.78, 5) is 27.0. The van der Waals surface area contributed by atoms with Gasteiger partial charge in [0.2, 0.25) is 0 Å². The van der Waals surface area contributed by atoms with Crippen LogP contribution in [-0.2, 0) is 16.0 Å². The molecule has 2 aromatic rings. The number of fused-ring (bicyclic) bond motifs is 2. The molecule has 1 unspecified atom stereocenters. The highest BCUT2D eigenvalue weighted by atomic mass is 35.5. The molecular formula is C26H31ClN2O5S. The Kier molecular flexibility index (Phi) is 10.6. The van der Waals surface area contributed by atoms with Crippen molar-refractivity contribution < 1.29 is 24.9 Å². The van der Waals surface area contributed by atoms with Crippen molar-refractivity contribution in [1.82, 2.24) is 9.80 Å². The molecule has 4 rings (SSSR count). The number of rotatable bonds is 7. The molecule has 0 amide bonds. The van der Waals surface area contributed by atoms with Gasteiger partial charge in [-0.15, -0.1) is 0 Å². The van der Waals surface area contributed by atoms with Crippen molar-refractivity contribution >= 4 is 35.3 Å². The highest BCUT2D eigenvalue weighted by molar-refractivity contribution is 7.99. The third kappa shape index (κ3) is 8.37. The van der Waals surface area contributed by atoms with Crippen molar-refractivity contribution in [3.63, 3.8) is 0 Å². The van der Waals surface area contributed by atoms with E-state index < -0.39 is 11.9 Å². The molecule has 3 N–H and O–H groups in total. The Morgan fingerprint density at radius 3 is 2.31 bits per heavy atom. The number of carboxylic acid groups (broad SMARTS) is 2. The standard InChI is InChI=1S/C22H27ClN2OS.C4H4O4/c23-18-7-8-22-19(16-18)20(15-17-5-1-2-6-21(17)27-22)25-12-10-24(11-13-25)9-3-4-14-26;5-3(6)1-2-4(7)8/h1-2,5-8,16,20,26H,3-4,9-15H2;1-2H,(H,5,6)(H,7,8)/b;2-1-. The number of carbonyl (C=O) groups is 2. The van der Waals surface area contributed by atoms with Crippen LogP contribution >= 0.6 is 23.4 Å². The van der Waals surface area contributed by atoms with Crippen LogP contribution in [0.1, 0.15) is 30.0 Å². The molecule has 1 saturated heterocycles. The number of benzene rings is 2. The van der Waals surface area contributed by atoms with E-state index in [9.17, 15) is 9.59 Å². The number of aliphatic carboxylic acids is 2. The van der Waals surface area contributed by atoms with Gasteiger partial charge in [0.15, 0.2) is 0 Å². The van der Waals surface area contributed by atoms with Crippen LogP contribution in [0.4, 0.5) is 0 Å². The summed E-state index contributed by atoms with van der Waals surface area (Å²) in [7, 11) is 0. The Morgan fingerprint density at radius 1 is 0.971 bits per heavy atom. The number of hydrogen-bond acceptors (Lipinski definition) is 6. The minimum Gasteiger partial charge on any atom is -0.478 e. The maximum atomic E-state index is 9.55. The van der Waals surface area contributed by atoms with Gasteiger partial charge in [0.1, 0.15) is 0 Å². The van der Waals surface area contributed by atoms with Crippen LogP contribution in [0.5, 0.6) is 0 Å². The van der Waals surface area contributed by atoms with Crippen molar-refractivity contribution in [1.29, 1.82) is 0 Å². The Hall–Kier alpha value is -2.36. The van der Waals surface area contributed by atoms with Gasteiger partial charge in [-0.05, 0) is 61.2 Å². The first-order valence-corrected chi connectivity index (χ1v) is 12.8. The minimum atomic E-state index is -1.26. The van der Waals surface area contributed by atoms with Gasteiger partial charge in [-0.25, -0.2) is 9.59 Å². The first-order valence-electron chi connectivity index (χ1n) is 11.6. The Bertz CT molecular complexity index is 1020. The summed E-state index contributed by atoms with van der Waals surface area (Å²) in [6.45, 7) is 5.78. The number of carboxylic acids is 2. The van der Waals surface area contributed by atoms with Crippen LogP contribution in [0.15, 0.2) is 64.4 Å². The molecule has 1 fully saturated rings. The normalized spacial score (nSPS) is 18.2. The maximum Gasteiger partial charge on any atom is 0.328 e. The number of aliphatic hydroxyl groups is 1. The van der Waals surface area contributed by atoms with Crippen LogP contribution in [0.3, 0.4) is 0 Å². The van der Waals surface area contributed by atoms with E-state index in [2.05, 4.69) is 46.2 Å². The molecule has 2 aromatic carbocycles. The maximum absolute atomic E-state index is 9.55. The highest BCUT2D eigenvalue weighted by Gasteiger charge is 2.30. The largest absolute Gasteiger partial charge is 0.478 e. The summed E-state index contributed by atoms with van der Waals surface area (Å²) >= 11 is 8.26. The predicted molar refractivity (Wildman–Crippen MR) is 137 cm³/mol. The van der Waals surface area contributed by atoms with E-state index in [1.807, 2.05) is 17.8 Å². The van der Waals surface area contributed by atoms with Crippen LogP contribution in [0, 0.1) is 0 Å². The topological polar surface area (TPSA) is 101 Å². The van der Waals surface area contributed by atoms with Gasteiger partial charge >= 0.3 is 11.9 Å². The number of hydrogen-bond donors (Lipinski definition) is 3. The molecule has 0 radical (unpaired) electrons. The summed E-state index contributed by atoms with van der Waals surface area (Å²) < 4.78 is 0. The number of nitrogens with zero attached hydrogens (tertiary/aromatic N) is 2. The van der Waals surface area contributed by atoms with Crippen LogP contribution in [0.2, 0.25) is 5.02 Å². The molecule has 0 aromatic heterocycles. The van der Waals surface area contributed by atoms with E-state index in [-0.39, 0.29) is 0 Å². The van der Waals surface area contributed by atoms with Crippen molar-refractivity contribution in [2.45, 2.75) is 35.1 Å². The first-order chi connectivity index (χ1) is 16.9. The Morgan fingerprint density at radius 2 is 1.66 bits per heavy atom. The summed E-state index contributed by atoms with van der Waals surface area (Å²) in [5.74, 6) is -2.51. The van der Waals surface area contributed by atoms with Gasteiger partial charge in [-0.2, -0.15) is 0 Å². The fourth-order valence-corrected chi connectivity index (χ4v) is 5.59. The van der Waals surface area contributed by atoms with Crippen molar-refractivity contribution in [2.24, 2.45) is 0 Å². The summed E-state index contributed by atoms with van der Waals surface area (Å²) in [5.41, 5.74) is 2.81. The third-order valence-corrected chi connectivity index (χ3v) is 7.48. The zero-order valence-electron chi connectivity index (χ0n) is 19.5. The molecule has 2 heterocycles. The van der Waals surface area contributed by atoms with E-state index in [0.717, 1.165) is 57.0 Å². The SMILES string of the molecule is O=C(O)/C=C\C(=O)O.OCCCCN1CCN(C2Cc3ccccc3Sc3ccc(Cl)cc32)CC1. The molecule has 0 spiro atoms. The minimum absolute atomic E-state index is 0.302. The highest BCUT2D eigenvalue weighted by Crippen LogP contribution is 2.43. The van der Waals surface area contributed by atoms with Crippen LogP contribution in [0.25, 0.3) is 0 Å². The van der Waals surface area contributed by atoms with Crippen molar-refractivity contribution in [3.05, 3.63) is 70.8 Å². The average molecular weight is 519 g/mol. The summed E-state index contributed by atoms with van der Waals surface area (Å²) in [5, 5.41) is 25.4. The zero-order chi connectivity index (χ0) is 25.2. The van der Waals surface area contributed by atoms with Gasteiger partial charge in [-0.3, -0.25) is 4.90 Å². The summed E-state index contributed by atoms with van der Waals surface area (Å²) in [6, 6.07) is 15.5. The lowest BCUT2D eigenvalue weighted by molar-refractivity contribution is -0.134. The van der Waals surface area contributed by atoms with E-state index in [0.29, 0.717) is 24.8 Å². The number of unbranched alkanes of at least 4 members (excludes halogenated alkanes) is 1. The monoisotopic (exact) mass is 518 g/mol. The number of halogens is 1. The van der Waals surface area contributed by atoms with Crippen molar-refractivity contribution in [3.8, 4) is 0 Å². The molecule has 9 heteroatoms. The first kappa shape index (κ1) is 27.2. The van der Waals surface area contributed by atoms with Crippen molar-refractivity contribution in [2.75, 3.05) is 39.3 Å². The second-order valence-corrected chi connectivity index (χ2v) is 9.95. The van der Waals surface area contributed by atoms with Gasteiger partial charge in [0.05, 0.1) is 0 Å². The lowest BCUT2D eigenvalue weighted by Gasteiger charge is -2.39. The fourth-order valence-electron chi connectivity index (χ4n) is 4.30. The molecule has 2 aliphatic rings. The number of aliphatic hydroxyl groups excluding tert-OH is 1. The smallest absolute Gasteiger partial charge is 0.328 e. The molecule has 35 heavy (non-hydrogen) atoms. The molecule has 0 saturated carbocycles. The summed E-state index contributed by atoms with van der Waals surface area (Å²) in [6.07, 6.45) is 4.15. The average Bonchev–Trinajstić information content (AvgIpc) is 3.00. The quantitative estimate of drug-likeness (QED) is 0.370. The molecule has 1 atom stereocenters. The van der Waals surface area contributed by atoms with E-state index in [1.54, 1.807) is 0 Å². The molecule has 7 nitrogen and oxygen atoms in total. The van der Waals surface area contributed by atoms with E-state index in [4.69, 9.17) is 26.9 Å². The van der Waals surface area contributed by atoms with Crippen LogP contribution in [-0.4, -0.2) is 76.4 Å². The van der Waals surface area contributed by atoms with Gasteiger partial charge in [0, 0.05) is 65.8 Å². The van der Waals surface area contributed by atoms with Crippen LogP contribution < -0.4 is 0 Å². The third-order valence-electron chi connectivity index (χ3n) is 6.04. The zero-order valence-corrected chi connectivity index (χ0v) is 21.0. The van der Waals surface area contributed by atoms with Gasteiger partial charge in [0.25, 0.3) is 0 Å². The number of piperazine rings is 1. The molecular weight excluding hydrogens is 488 g/mol. The Labute approximate surface area is 215 Å².